The van der Waals surface area contributed by atoms with Crippen LogP contribution >= 0.6 is 0 Å². The van der Waals surface area contributed by atoms with E-state index in [0.717, 1.165) is 61.7 Å². The highest BCUT2D eigenvalue weighted by Crippen LogP contribution is 2.29. The molecule has 3 N–H and O–H groups in total. The lowest BCUT2D eigenvalue weighted by atomic mass is 9.87. The molecule has 41 heavy (non-hydrogen) atoms. The van der Waals surface area contributed by atoms with E-state index in [-0.39, 0.29) is 18.2 Å². The average Bonchev–Trinajstić information content (AvgIpc) is 2.99. The molecule has 0 aliphatic heterocycles. The van der Waals surface area contributed by atoms with Crippen molar-refractivity contribution in [2.75, 3.05) is 32.5 Å². The van der Waals surface area contributed by atoms with E-state index >= 15 is 0 Å². The Kier molecular flexibility index (Phi) is 11.4. The van der Waals surface area contributed by atoms with Crippen LogP contribution in [-0.4, -0.2) is 54.9 Å². The molecule has 0 aromatic heterocycles. The van der Waals surface area contributed by atoms with E-state index in [4.69, 9.17) is 10.7 Å². The molecule has 1 atom stereocenters. The fourth-order valence-corrected chi connectivity index (χ4v) is 5.50. The van der Waals surface area contributed by atoms with E-state index in [1.165, 1.54) is 30.4 Å². The number of benzene rings is 3. The van der Waals surface area contributed by atoms with Crippen LogP contribution in [0.3, 0.4) is 0 Å². The Morgan fingerprint density at radius 1 is 0.878 bits per heavy atom. The Balaban J connectivity index is 1.60. The van der Waals surface area contributed by atoms with Crippen LogP contribution in [0.1, 0.15) is 73.6 Å². The van der Waals surface area contributed by atoms with Gasteiger partial charge in [0.05, 0.1) is 6.04 Å². The standard InChI is InChI=1S/C35H47N5O/c1-4-27-15-17-29(18-16-27)33(25-34(36)41)30-19-21-32(22-20-30)38-35(37-31-13-9-6-10-14-31)40(24-23-39(2)3)26-28-11-7-5-8-12-28/h5,7-8,11-12,15-22,31,33H,4,6,9-10,13-14,23-26H2,1-3H3,(H2,36,41)(H,37,38). The Morgan fingerprint density at radius 3 is 2.10 bits per heavy atom. The van der Waals surface area contributed by atoms with Crippen LogP contribution in [0.25, 0.3) is 0 Å². The van der Waals surface area contributed by atoms with Crippen LogP contribution in [-0.2, 0) is 17.8 Å². The predicted octanol–water partition coefficient (Wildman–Crippen LogP) is 6.42. The van der Waals surface area contributed by atoms with E-state index in [1.54, 1.807) is 0 Å². The van der Waals surface area contributed by atoms with Crippen molar-refractivity contribution in [2.45, 2.75) is 70.4 Å². The number of anilines is 1. The van der Waals surface area contributed by atoms with Crippen LogP contribution in [0.5, 0.6) is 0 Å². The lowest BCUT2D eigenvalue weighted by Crippen LogP contribution is -2.41. The summed E-state index contributed by atoms with van der Waals surface area (Å²) in [5, 5.41) is 3.70. The average molecular weight is 554 g/mol. The summed E-state index contributed by atoms with van der Waals surface area (Å²) in [6, 6.07) is 27.9. The number of hydrogen-bond donors (Lipinski definition) is 2. The molecule has 218 valence electrons. The van der Waals surface area contributed by atoms with Crippen molar-refractivity contribution in [3.8, 4) is 0 Å². The smallest absolute Gasteiger partial charge is 0.218 e. The van der Waals surface area contributed by atoms with E-state index in [0.29, 0.717) is 6.04 Å². The van der Waals surface area contributed by atoms with Crippen molar-refractivity contribution < 1.29 is 4.79 Å². The third kappa shape index (κ3) is 9.46. The number of likely N-dealkylation sites (N-methyl/N-ethyl adjacent to an activating group) is 1. The van der Waals surface area contributed by atoms with Gasteiger partial charge in [0, 0.05) is 37.7 Å². The lowest BCUT2D eigenvalue weighted by molar-refractivity contribution is -0.118. The molecule has 1 fully saturated rings. The summed E-state index contributed by atoms with van der Waals surface area (Å²) in [5.41, 5.74) is 11.4. The molecule has 3 aromatic carbocycles. The molecule has 0 bridgehead atoms. The number of aliphatic imine (C=N–C) groups is 1. The van der Waals surface area contributed by atoms with E-state index in [9.17, 15) is 4.79 Å². The third-order valence-electron chi connectivity index (χ3n) is 7.98. The molecule has 3 aromatic rings. The Labute approximate surface area is 246 Å². The zero-order valence-electron chi connectivity index (χ0n) is 25.1. The molecule has 0 saturated heterocycles. The minimum Gasteiger partial charge on any atom is -0.370 e. The maximum atomic E-state index is 12.0. The highest BCUT2D eigenvalue weighted by atomic mass is 16.1. The number of guanidine groups is 1. The molecule has 1 unspecified atom stereocenters. The van der Waals surface area contributed by atoms with Crippen molar-refractivity contribution in [1.29, 1.82) is 0 Å². The van der Waals surface area contributed by atoms with Gasteiger partial charge in [-0.1, -0.05) is 92.9 Å². The summed E-state index contributed by atoms with van der Waals surface area (Å²) in [5.74, 6) is 0.563. The highest BCUT2D eigenvalue weighted by Gasteiger charge is 2.20. The zero-order valence-corrected chi connectivity index (χ0v) is 25.1. The number of aryl methyl sites for hydroxylation is 1. The molecular weight excluding hydrogens is 506 g/mol. The second-order valence-corrected chi connectivity index (χ2v) is 11.5. The molecule has 1 saturated carbocycles. The van der Waals surface area contributed by atoms with Crippen molar-refractivity contribution in [1.82, 2.24) is 9.80 Å². The maximum Gasteiger partial charge on any atom is 0.218 e. The van der Waals surface area contributed by atoms with Crippen LogP contribution in [0, 0.1) is 0 Å². The first-order valence-electron chi connectivity index (χ1n) is 15.2. The first-order valence-corrected chi connectivity index (χ1v) is 15.2. The van der Waals surface area contributed by atoms with Crippen LogP contribution in [0.4, 0.5) is 5.69 Å². The lowest BCUT2D eigenvalue weighted by Gasteiger charge is -2.30. The van der Waals surface area contributed by atoms with Gasteiger partial charge in [0.25, 0.3) is 0 Å². The Morgan fingerprint density at radius 2 is 1.51 bits per heavy atom. The van der Waals surface area contributed by atoms with Gasteiger partial charge in [0.15, 0.2) is 5.96 Å². The first kappa shape index (κ1) is 30.3. The van der Waals surface area contributed by atoms with E-state index in [2.05, 4.69) is 115 Å². The predicted molar refractivity (Wildman–Crippen MR) is 171 cm³/mol. The number of carbonyl (C=O) groups is 1. The quantitative estimate of drug-likeness (QED) is 0.200. The molecule has 4 rings (SSSR count). The van der Waals surface area contributed by atoms with Gasteiger partial charge < -0.3 is 20.9 Å². The zero-order chi connectivity index (χ0) is 29.0. The number of carbonyl (C=O) groups excluding carboxylic acids is 1. The van der Waals surface area contributed by atoms with Crippen LogP contribution in [0.2, 0.25) is 0 Å². The van der Waals surface area contributed by atoms with Gasteiger partial charge in [-0.3, -0.25) is 4.79 Å². The van der Waals surface area contributed by atoms with Gasteiger partial charge in [0.2, 0.25) is 5.91 Å². The summed E-state index contributed by atoms with van der Waals surface area (Å²) in [6.45, 7) is 4.74. The maximum absolute atomic E-state index is 12.0. The van der Waals surface area contributed by atoms with E-state index in [1.807, 2.05) is 0 Å². The molecule has 0 heterocycles. The molecular formula is C35H47N5O. The molecule has 1 aliphatic carbocycles. The van der Waals surface area contributed by atoms with E-state index < -0.39 is 0 Å². The number of nitrogens with zero attached hydrogens (tertiary/aromatic N) is 3. The summed E-state index contributed by atoms with van der Waals surface area (Å²) in [6.07, 6.45) is 7.34. The molecule has 1 amide bonds. The van der Waals surface area contributed by atoms with Gasteiger partial charge in [-0.15, -0.1) is 0 Å². The minimum atomic E-state index is -0.295. The second-order valence-electron chi connectivity index (χ2n) is 11.5. The summed E-state index contributed by atoms with van der Waals surface area (Å²) < 4.78 is 0. The van der Waals surface area contributed by atoms with Gasteiger partial charge in [-0.2, -0.15) is 0 Å². The topological polar surface area (TPSA) is 74.0 Å². The number of amides is 1. The summed E-state index contributed by atoms with van der Waals surface area (Å²) in [4.78, 5) is 21.9. The van der Waals surface area contributed by atoms with Gasteiger partial charge in [0.1, 0.15) is 0 Å². The molecule has 1 aliphatic rings. The van der Waals surface area contributed by atoms with Gasteiger partial charge in [-0.05, 0) is 67.7 Å². The van der Waals surface area contributed by atoms with Crippen LogP contribution in [0.15, 0.2) is 83.9 Å². The number of hydrogen-bond acceptors (Lipinski definition) is 3. The van der Waals surface area contributed by atoms with Crippen LogP contribution < -0.4 is 11.1 Å². The SMILES string of the molecule is CCc1ccc(C(CC(N)=O)c2ccc(N/C(=N/C3CCCCC3)N(CCN(C)C)Cc3ccccc3)cc2)cc1. The van der Waals surface area contributed by atoms with Crippen molar-refractivity contribution in [2.24, 2.45) is 10.7 Å². The summed E-state index contributed by atoms with van der Waals surface area (Å²) >= 11 is 0. The largest absolute Gasteiger partial charge is 0.370 e. The third-order valence-corrected chi connectivity index (χ3v) is 7.98. The Bertz CT molecular complexity index is 1230. The number of rotatable bonds is 12. The van der Waals surface area contributed by atoms with Crippen molar-refractivity contribution >= 4 is 17.6 Å². The Hall–Kier alpha value is -3.64. The van der Waals surface area contributed by atoms with Gasteiger partial charge in [-0.25, -0.2) is 4.99 Å². The molecule has 6 heteroatoms. The molecule has 0 radical (unpaired) electrons. The minimum absolute atomic E-state index is 0.0718. The first-order chi connectivity index (χ1) is 19.9. The number of nitrogens with two attached hydrogens (primary N) is 1. The van der Waals surface area contributed by atoms with Gasteiger partial charge >= 0.3 is 0 Å². The number of primary amides is 1. The second kappa shape index (κ2) is 15.4. The fourth-order valence-electron chi connectivity index (χ4n) is 5.50. The molecule has 0 spiro atoms. The van der Waals surface area contributed by atoms with Crippen molar-refractivity contribution in [3.63, 3.8) is 0 Å². The number of nitrogens with one attached hydrogen (secondary N) is 1. The van der Waals surface area contributed by atoms with Crippen molar-refractivity contribution in [3.05, 3.63) is 101 Å². The fraction of sp³-hybridized carbons (Fsp3) is 0.429. The highest BCUT2D eigenvalue weighted by molar-refractivity contribution is 5.94. The monoisotopic (exact) mass is 553 g/mol. The normalized spacial score (nSPS) is 15.1. The molecule has 6 nitrogen and oxygen atoms in total. The summed E-state index contributed by atoms with van der Waals surface area (Å²) in [7, 11) is 4.23.